The minimum absolute atomic E-state index is 0.110. The summed E-state index contributed by atoms with van der Waals surface area (Å²) in [6, 6.07) is 10.5. The highest BCUT2D eigenvalue weighted by Crippen LogP contribution is 2.58. The van der Waals surface area contributed by atoms with E-state index in [1.165, 1.54) is 42.9 Å². The van der Waals surface area contributed by atoms with Crippen LogP contribution in [0.4, 0.5) is 4.39 Å². The summed E-state index contributed by atoms with van der Waals surface area (Å²) in [6.07, 6.45) is 5.85. The van der Waals surface area contributed by atoms with E-state index >= 15 is 0 Å². The van der Waals surface area contributed by atoms with Gasteiger partial charge in [-0.25, -0.2) is 4.39 Å². The second-order valence-corrected chi connectivity index (χ2v) is 9.21. The number of phenolic OH excluding ortho intramolecular Hbond substituents is 1. The molecule has 0 spiro atoms. The molecule has 0 heterocycles. The van der Waals surface area contributed by atoms with Gasteiger partial charge in [0.15, 0.2) is 11.5 Å². The Labute approximate surface area is 161 Å². The first-order chi connectivity index (χ1) is 12.8. The molecule has 1 fully saturated rings. The highest BCUT2D eigenvalue weighted by molar-refractivity contribution is 5.51. The maximum absolute atomic E-state index is 13.9. The van der Waals surface area contributed by atoms with Gasteiger partial charge in [-0.1, -0.05) is 45.4 Å². The molecule has 1 N–H and O–H groups in total. The van der Waals surface area contributed by atoms with Gasteiger partial charge in [-0.15, -0.1) is 0 Å². The van der Waals surface area contributed by atoms with Crippen molar-refractivity contribution in [2.45, 2.75) is 64.9 Å². The molecule has 27 heavy (non-hydrogen) atoms. The third-order valence-electron chi connectivity index (χ3n) is 7.07. The highest BCUT2D eigenvalue weighted by Gasteiger charge is 2.49. The molecule has 2 aliphatic carbocycles. The van der Waals surface area contributed by atoms with E-state index in [0.29, 0.717) is 22.6 Å². The molecule has 0 radical (unpaired) electrons. The van der Waals surface area contributed by atoms with E-state index in [0.717, 1.165) is 6.42 Å². The van der Waals surface area contributed by atoms with Crippen LogP contribution in [0.5, 0.6) is 11.5 Å². The summed E-state index contributed by atoms with van der Waals surface area (Å²) in [5.41, 5.74) is 3.49. The molecule has 4 rings (SSSR count). The van der Waals surface area contributed by atoms with Crippen molar-refractivity contribution in [3.05, 3.63) is 58.9 Å². The quantitative estimate of drug-likeness (QED) is 0.705. The van der Waals surface area contributed by atoms with E-state index in [9.17, 15) is 9.50 Å². The highest BCUT2D eigenvalue weighted by atomic mass is 19.1. The first-order valence-electron chi connectivity index (χ1n) is 10.0. The Hall–Kier alpha value is -2.03. The first-order valence-corrected chi connectivity index (χ1v) is 10.0. The van der Waals surface area contributed by atoms with Crippen molar-refractivity contribution < 1.29 is 14.2 Å². The number of rotatable bonds is 3. The van der Waals surface area contributed by atoms with Crippen LogP contribution in [0.25, 0.3) is 0 Å². The van der Waals surface area contributed by atoms with Crippen molar-refractivity contribution >= 4 is 0 Å². The van der Waals surface area contributed by atoms with Gasteiger partial charge >= 0.3 is 0 Å². The Balaban J connectivity index is 1.67. The third-order valence-corrected chi connectivity index (χ3v) is 7.07. The molecular weight excluding hydrogens is 339 g/mol. The van der Waals surface area contributed by atoms with Gasteiger partial charge in [0.05, 0.1) is 0 Å². The zero-order valence-electron chi connectivity index (χ0n) is 16.5. The van der Waals surface area contributed by atoms with Crippen LogP contribution in [-0.2, 0) is 18.4 Å². The molecule has 2 aliphatic rings. The SMILES string of the molecule is CC1(C)CCC[C@]2(C)c3cc(OCc4ccccc4F)c(O)cc3CC[C@@H]12. The Bertz CT molecular complexity index is 857. The van der Waals surface area contributed by atoms with E-state index in [-0.39, 0.29) is 23.6 Å². The van der Waals surface area contributed by atoms with Crippen LogP contribution in [0, 0.1) is 17.2 Å². The second kappa shape index (κ2) is 6.54. The lowest BCUT2D eigenvalue weighted by Crippen LogP contribution is -2.47. The maximum atomic E-state index is 13.9. The molecule has 1 saturated carbocycles. The van der Waals surface area contributed by atoms with Gasteiger partial charge in [0.25, 0.3) is 0 Å². The summed E-state index contributed by atoms with van der Waals surface area (Å²) in [7, 11) is 0. The largest absolute Gasteiger partial charge is 0.504 e. The maximum Gasteiger partial charge on any atom is 0.161 e. The summed E-state index contributed by atoms with van der Waals surface area (Å²) in [5.74, 6) is 0.968. The standard InChI is InChI=1S/C24H29FO2/c1-23(2)11-6-12-24(3)18-14-21(20(26)13-16(18)9-10-22(23)24)27-15-17-7-4-5-8-19(17)25/h4-5,7-8,13-14,22,26H,6,9-12,15H2,1-3H3/t22-,24+/m0/s1. The zero-order valence-corrected chi connectivity index (χ0v) is 16.5. The minimum atomic E-state index is -0.281. The van der Waals surface area contributed by atoms with Crippen molar-refractivity contribution in [2.24, 2.45) is 11.3 Å². The van der Waals surface area contributed by atoms with Crippen LogP contribution < -0.4 is 4.74 Å². The van der Waals surface area contributed by atoms with Crippen molar-refractivity contribution in [2.75, 3.05) is 0 Å². The van der Waals surface area contributed by atoms with E-state index in [1.54, 1.807) is 18.2 Å². The summed E-state index contributed by atoms with van der Waals surface area (Å²) >= 11 is 0. The number of ether oxygens (including phenoxy) is 1. The third kappa shape index (κ3) is 3.11. The average molecular weight is 368 g/mol. The second-order valence-electron chi connectivity index (χ2n) is 9.21. The van der Waals surface area contributed by atoms with E-state index in [2.05, 4.69) is 20.8 Å². The van der Waals surface area contributed by atoms with Gasteiger partial charge in [0.2, 0.25) is 0 Å². The molecule has 0 saturated heterocycles. The van der Waals surface area contributed by atoms with E-state index in [1.807, 2.05) is 12.1 Å². The predicted octanol–water partition coefficient (Wildman–Crippen LogP) is 6.14. The van der Waals surface area contributed by atoms with Crippen LogP contribution in [0.1, 0.15) is 63.1 Å². The lowest BCUT2D eigenvalue weighted by atomic mass is 9.50. The number of aryl methyl sites for hydroxylation is 1. The fourth-order valence-electron chi connectivity index (χ4n) is 5.69. The summed E-state index contributed by atoms with van der Waals surface area (Å²) in [4.78, 5) is 0. The normalized spacial score (nSPS) is 26.1. The smallest absolute Gasteiger partial charge is 0.161 e. The van der Waals surface area contributed by atoms with Crippen molar-refractivity contribution in [1.29, 1.82) is 0 Å². The van der Waals surface area contributed by atoms with Crippen molar-refractivity contribution in [3.8, 4) is 11.5 Å². The number of halogens is 1. The fraction of sp³-hybridized carbons (Fsp3) is 0.500. The molecule has 2 aromatic rings. The lowest BCUT2D eigenvalue weighted by Gasteiger charge is -2.54. The van der Waals surface area contributed by atoms with E-state index < -0.39 is 0 Å². The predicted molar refractivity (Wildman–Crippen MR) is 106 cm³/mol. The first kappa shape index (κ1) is 18.3. The number of benzene rings is 2. The topological polar surface area (TPSA) is 29.5 Å². The van der Waals surface area contributed by atoms with Gasteiger partial charge in [-0.2, -0.15) is 0 Å². The number of fused-ring (bicyclic) bond motifs is 3. The van der Waals surface area contributed by atoms with Crippen LogP contribution in [0.2, 0.25) is 0 Å². The molecule has 0 bridgehead atoms. The molecule has 0 amide bonds. The van der Waals surface area contributed by atoms with Gasteiger partial charge in [-0.05, 0) is 71.8 Å². The monoisotopic (exact) mass is 368 g/mol. The Morgan fingerprint density at radius 2 is 1.93 bits per heavy atom. The van der Waals surface area contributed by atoms with Gasteiger partial charge in [-0.3, -0.25) is 0 Å². The lowest BCUT2D eigenvalue weighted by molar-refractivity contribution is 0.0404. The van der Waals surface area contributed by atoms with Crippen LogP contribution in [0.3, 0.4) is 0 Å². The van der Waals surface area contributed by atoms with E-state index in [4.69, 9.17) is 4.74 Å². The fourth-order valence-corrected chi connectivity index (χ4v) is 5.69. The van der Waals surface area contributed by atoms with Crippen LogP contribution in [0.15, 0.2) is 36.4 Å². The summed E-state index contributed by atoms with van der Waals surface area (Å²) in [6.45, 7) is 7.30. The zero-order chi connectivity index (χ0) is 19.2. The molecule has 3 heteroatoms. The van der Waals surface area contributed by atoms with Gasteiger partial charge < -0.3 is 9.84 Å². The van der Waals surface area contributed by atoms with Gasteiger partial charge in [0, 0.05) is 5.56 Å². The molecular formula is C24H29FO2. The molecule has 0 aromatic heterocycles. The minimum Gasteiger partial charge on any atom is -0.504 e. The molecule has 2 atom stereocenters. The molecule has 0 aliphatic heterocycles. The Morgan fingerprint density at radius 1 is 1.15 bits per heavy atom. The molecule has 0 unspecified atom stereocenters. The van der Waals surface area contributed by atoms with Crippen molar-refractivity contribution in [3.63, 3.8) is 0 Å². The summed E-state index contributed by atoms with van der Waals surface area (Å²) < 4.78 is 19.7. The van der Waals surface area contributed by atoms with Crippen LogP contribution in [-0.4, -0.2) is 5.11 Å². The van der Waals surface area contributed by atoms with Crippen LogP contribution >= 0.6 is 0 Å². The van der Waals surface area contributed by atoms with Gasteiger partial charge in [0.1, 0.15) is 12.4 Å². The number of hydrogen-bond donors (Lipinski definition) is 1. The number of hydrogen-bond acceptors (Lipinski definition) is 2. The Morgan fingerprint density at radius 3 is 2.70 bits per heavy atom. The van der Waals surface area contributed by atoms with Crippen molar-refractivity contribution in [1.82, 2.24) is 0 Å². The molecule has 144 valence electrons. The summed E-state index contributed by atoms with van der Waals surface area (Å²) in [5, 5.41) is 10.5. The Kier molecular flexibility index (Phi) is 4.44. The average Bonchev–Trinajstić information content (AvgIpc) is 2.60. The number of aromatic hydroxyl groups is 1. The molecule has 2 aromatic carbocycles. The number of phenols is 1. The molecule has 2 nitrogen and oxygen atoms in total.